The maximum absolute atomic E-state index is 12.3. The quantitative estimate of drug-likeness (QED) is 0.856. The lowest BCUT2D eigenvalue weighted by Gasteiger charge is -2.34. The van der Waals surface area contributed by atoms with Crippen LogP contribution in [0.5, 0.6) is 0 Å². The molecule has 0 bridgehead atoms. The van der Waals surface area contributed by atoms with E-state index in [0.717, 1.165) is 29.8 Å². The smallest absolute Gasteiger partial charge is 0.264 e. The second-order valence-electron chi connectivity index (χ2n) is 4.32. The molecule has 0 spiro atoms. The number of piperidine rings is 1. The zero-order valence-corrected chi connectivity index (χ0v) is 10.4. The Bertz CT molecular complexity index is 375. The highest BCUT2D eigenvalue weighted by atomic mass is 32.1. The van der Waals surface area contributed by atoms with E-state index in [1.54, 1.807) is 0 Å². The van der Waals surface area contributed by atoms with E-state index in [1.165, 1.54) is 17.8 Å². The van der Waals surface area contributed by atoms with Crippen LogP contribution in [-0.4, -0.2) is 29.9 Å². The minimum Gasteiger partial charge on any atom is -0.334 e. The van der Waals surface area contributed by atoms with Gasteiger partial charge >= 0.3 is 0 Å². The van der Waals surface area contributed by atoms with E-state index in [9.17, 15) is 4.79 Å². The Hall–Kier alpha value is -0.870. The van der Waals surface area contributed by atoms with Crippen LogP contribution in [0.4, 0.5) is 0 Å². The summed E-state index contributed by atoms with van der Waals surface area (Å²) in [6.07, 6.45) is 3.34. The van der Waals surface area contributed by atoms with Crippen LogP contribution >= 0.6 is 11.3 Å². The summed E-state index contributed by atoms with van der Waals surface area (Å²) in [6, 6.07) is 2.24. The molecular formula is C12H18N2OS. The molecule has 88 valence electrons. The van der Waals surface area contributed by atoms with Crippen molar-refractivity contribution in [3.05, 3.63) is 21.9 Å². The molecule has 1 aliphatic rings. The molecule has 1 fully saturated rings. The first kappa shape index (κ1) is 11.6. The molecule has 4 heteroatoms. The van der Waals surface area contributed by atoms with Gasteiger partial charge in [-0.1, -0.05) is 0 Å². The molecule has 1 aromatic rings. The number of nitrogens with two attached hydrogens (primary N) is 1. The number of nitrogens with zero attached hydrogens (tertiary/aromatic N) is 1. The summed E-state index contributed by atoms with van der Waals surface area (Å²) in [7, 11) is 0. The lowest BCUT2D eigenvalue weighted by molar-refractivity contribution is 0.0628. The van der Waals surface area contributed by atoms with Crippen molar-refractivity contribution < 1.29 is 4.79 Å². The van der Waals surface area contributed by atoms with Gasteiger partial charge < -0.3 is 10.6 Å². The third-order valence-electron chi connectivity index (χ3n) is 3.22. The van der Waals surface area contributed by atoms with Crippen LogP contribution in [0.2, 0.25) is 0 Å². The highest BCUT2D eigenvalue weighted by Crippen LogP contribution is 2.23. The molecule has 2 rings (SSSR count). The molecule has 1 amide bonds. The highest BCUT2D eigenvalue weighted by molar-refractivity contribution is 7.12. The van der Waals surface area contributed by atoms with Gasteiger partial charge in [0, 0.05) is 19.1 Å². The largest absolute Gasteiger partial charge is 0.334 e. The molecule has 0 unspecified atom stereocenters. The van der Waals surface area contributed by atoms with Crippen molar-refractivity contribution in [2.24, 2.45) is 5.73 Å². The van der Waals surface area contributed by atoms with Crippen molar-refractivity contribution in [1.82, 2.24) is 4.90 Å². The summed E-state index contributed by atoms with van der Waals surface area (Å²) in [5.41, 5.74) is 6.81. The lowest BCUT2D eigenvalue weighted by atomic mass is 10.0. The third-order valence-corrected chi connectivity index (χ3v) is 4.22. The monoisotopic (exact) mass is 238 g/mol. The predicted molar refractivity (Wildman–Crippen MR) is 66.8 cm³/mol. The number of hydrogen-bond acceptors (Lipinski definition) is 3. The maximum Gasteiger partial charge on any atom is 0.264 e. The molecule has 2 heterocycles. The van der Waals surface area contributed by atoms with Gasteiger partial charge in [-0.05, 0) is 43.2 Å². The molecule has 1 aliphatic heterocycles. The molecule has 16 heavy (non-hydrogen) atoms. The number of carbonyl (C=O) groups is 1. The first-order valence-electron chi connectivity index (χ1n) is 5.79. The second kappa shape index (κ2) is 4.97. The van der Waals surface area contributed by atoms with Gasteiger partial charge in [0.05, 0.1) is 4.88 Å². The fourth-order valence-corrected chi connectivity index (χ4v) is 3.12. The molecule has 1 atom stereocenters. The van der Waals surface area contributed by atoms with Crippen LogP contribution in [0.3, 0.4) is 0 Å². The predicted octanol–water partition coefficient (Wildman–Crippen LogP) is 2.01. The van der Waals surface area contributed by atoms with Crippen LogP contribution in [-0.2, 0) is 0 Å². The van der Waals surface area contributed by atoms with Crippen LogP contribution in [0.15, 0.2) is 11.4 Å². The molecule has 0 saturated carbocycles. The topological polar surface area (TPSA) is 46.3 Å². The SMILES string of the molecule is Cc1ccsc1C(=O)N1CCCC[C@@H]1CN. The minimum atomic E-state index is 0.169. The van der Waals surface area contributed by atoms with E-state index < -0.39 is 0 Å². The van der Waals surface area contributed by atoms with Crippen LogP contribution in [0, 0.1) is 6.92 Å². The van der Waals surface area contributed by atoms with E-state index in [2.05, 4.69) is 0 Å². The average Bonchev–Trinajstić information content (AvgIpc) is 2.74. The number of hydrogen-bond donors (Lipinski definition) is 1. The molecule has 2 N–H and O–H groups in total. The Morgan fingerprint density at radius 1 is 1.62 bits per heavy atom. The number of amides is 1. The second-order valence-corrected chi connectivity index (χ2v) is 5.23. The number of thiophene rings is 1. The van der Waals surface area contributed by atoms with Crippen molar-refractivity contribution >= 4 is 17.2 Å². The summed E-state index contributed by atoms with van der Waals surface area (Å²) in [4.78, 5) is 15.2. The summed E-state index contributed by atoms with van der Waals surface area (Å²) >= 11 is 1.53. The van der Waals surface area contributed by atoms with Crippen LogP contribution in [0.25, 0.3) is 0 Å². The molecule has 0 aromatic carbocycles. The molecule has 1 saturated heterocycles. The van der Waals surface area contributed by atoms with Crippen LogP contribution in [0.1, 0.15) is 34.5 Å². The van der Waals surface area contributed by atoms with E-state index in [1.807, 2.05) is 23.3 Å². The van der Waals surface area contributed by atoms with Crippen LogP contribution < -0.4 is 5.73 Å². The number of carbonyl (C=O) groups excluding carboxylic acids is 1. The first-order valence-corrected chi connectivity index (χ1v) is 6.67. The number of rotatable bonds is 2. The molecule has 3 nitrogen and oxygen atoms in total. The fraction of sp³-hybridized carbons (Fsp3) is 0.583. The van der Waals surface area contributed by atoms with Gasteiger partial charge in [-0.15, -0.1) is 11.3 Å². The van der Waals surface area contributed by atoms with Crippen molar-refractivity contribution in [2.75, 3.05) is 13.1 Å². The lowest BCUT2D eigenvalue weighted by Crippen LogP contribution is -2.47. The van der Waals surface area contributed by atoms with Gasteiger partial charge in [-0.25, -0.2) is 0 Å². The maximum atomic E-state index is 12.3. The van der Waals surface area contributed by atoms with Crippen molar-refractivity contribution in [2.45, 2.75) is 32.2 Å². The molecule has 0 radical (unpaired) electrons. The standard InChI is InChI=1S/C12H18N2OS/c1-9-5-7-16-11(9)12(15)14-6-3-2-4-10(14)8-13/h5,7,10H,2-4,6,8,13H2,1H3/t10-/m1/s1. The number of aryl methyl sites for hydroxylation is 1. The van der Waals surface area contributed by atoms with Crippen molar-refractivity contribution in [3.8, 4) is 0 Å². The van der Waals surface area contributed by atoms with E-state index >= 15 is 0 Å². The van der Waals surface area contributed by atoms with E-state index in [-0.39, 0.29) is 11.9 Å². The van der Waals surface area contributed by atoms with Gasteiger partial charge in [0.15, 0.2) is 0 Å². The van der Waals surface area contributed by atoms with Gasteiger partial charge in [0.25, 0.3) is 5.91 Å². The average molecular weight is 238 g/mol. The summed E-state index contributed by atoms with van der Waals surface area (Å²) in [5, 5.41) is 1.98. The molecule has 1 aromatic heterocycles. The van der Waals surface area contributed by atoms with E-state index in [0.29, 0.717) is 6.54 Å². The first-order chi connectivity index (χ1) is 7.74. The number of likely N-dealkylation sites (tertiary alicyclic amines) is 1. The Balaban J connectivity index is 2.17. The summed E-state index contributed by atoms with van der Waals surface area (Å²) in [5.74, 6) is 0.169. The molecular weight excluding hydrogens is 220 g/mol. The van der Waals surface area contributed by atoms with Gasteiger partial charge in [-0.2, -0.15) is 0 Å². The fourth-order valence-electron chi connectivity index (χ4n) is 2.24. The Labute approximate surface area is 100 Å². The van der Waals surface area contributed by atoms with Crippen molar-refractivity contribution in [1.29, 1.82) is 0 Å². The van der Waals surface area contributed by atoms with Crippen molar-refractivity contribution in [3.63, 3.8) is 0 Å². The Kier molecular flexibility index (Phi) is 3.61. The van der Waals surface area contributed by atoms with Gasteiger partial charge in [-0.3, -0.25) is 4.79 Å². The minimum absolute atomic E-state index is 0.169. The Morgan fingerprint density at radius 3 is 3.06 bits per heavy atom. The normalized spacial score (nSPS) is 21.1. The highest BCUT2D eigenvalue weighted by Gasteiger charge is 2.27. The zero-order chi connectivity index (χ0) is 11.5. The molecule has 0 aliphatic carbocycles. The van der Waals surface area contributed by atoms with E-state index in [4.69, 9.17) is 5.73 Å². The summed E-state index contributed by atoms with van der Waals surface area (Å²) in [6.45, 7) is 3.43. The third kappa shape index (κ3) is 2.13. The van der Waals surface area contributed by atoms with Gasteiger partial charge in [0.1, 0.15) is 0 Å². The summed E-state index contributed by atoms with van der Waals surface area (Å²) < 4.78 is 0. The Morgan fingerprint density at radius 2 is 2.44 bits per heavy atom. The zero-order valence-electron chi connectivity index (χ0n) is 9.61. The van der Waals surface area contributed by atoms with Gasteiger partial charge in [0.2, 0.25) is 0 Å².